The van der Waals surface area contributed by atoms with Gasteiger partial charge in [0, 0.05) is 22.8 Å². The van der Waals surface area contributed by atoms with Gasteiger partial charge >= 0.3 is 17.1 Å². The third-order valence-electron chi connectivity index (χ3n) is 5.75. The molecule has 0 saturated heterocycles. The first-order valence-electron chi connectivity index (χ1n) is 11.2. The van der Waals surface area contributed by atoms with Gasteiger partial charge in [-0.2, -0.15) is 20.4 Å². The molecule has 0 saturated carbocycles. The number of aromatic nitrogens is 8. The van der Waals surface area contributed by atoms with Crippen LogP contribution >= 0.6 is 0 Å². The van der Waals surface area contributed by atoms with Gasteiger partial charge in [0.15, 0.2) is 24.9 Å². The fourth-order valence-corrected chi connectivity index (χ4v) is 4.05. The molecule has 1 aliphatic heterocycles. The summed E-state index contributed by atoms with van der Waals surface area (Å²) in [5.41, 5.74) is 3.49. The van der Waals surface area contributed by atoms with E-state index in [0.29, 0.717) is 22.8 Å². The largest absolute Gasteiger partial charge is 2.00 e. The van der Waals surface area contributed by atoms with E-state index in [4.69, 9.17) is 30.6 Å². The monoisotopic (exact) mass is 646 g/mol. The maximum atomic E-state index is 10.9. The summed E-state index contributed by atoms with van der Waals surface area (Å²) >= 11 is 0. The van der Waals surface area contributed by atoms with Gasteiger partial charge in [-0.25, -0.2) is 18.7 Å². The van der Waals surface area contributed by atoms with Crippen molar-refractivity contribution >= 4 is 0 Å². The summed E-state index contributed by atoms with van der Waals surface area (Å²) in [5.74, 6) is 0. The van der Waals surface area contributed by atoms with Crippen molar-refractivity contribution < 1.29 is 53.1 Å². The molecule has 1 radical (unpaired) electrons. The molecule has 4 atom stereocenters. The van der Waals surface area contributed by atoms with E-state index in [1.54, 1.807) is 52.0 Å². The van der Waals surface area contributed by atoms with Gasteiger partial charge in [0.05, 0.1) is 10.2 Å². The van der Waals surface area contributed by atoms with Crippen molar-refractivity contribution in [3.05, 3.63) is 100 Å². The molecule has 233 valence electrons. The van der Waals surface area contributed by atoms with Crippen molar-refractivity contribution in [1.82, 2.24) is 39.1 Å². The minimum absolute atomic E-state index is 0. The maximum Gasteiger partial charge on any atom is 2.00 e. The van der Waals surface area contributed by atoms with Gasteiger partial charge in [0.1, 0.15) is 22.8 Å². The van der Waals surface area contributed by atoms with Crippen molar-refractivity contribution in [1.29, 1.82) is 0 Å². The number of nitrogens with zero attached hydrogens (tertiary/aromatic N) is 10. The quantitative estimate of drug-likeness (QED) is 0.0752. The summed E-state index contributed by atoms with van der Waals surface area (Å²) in [6.07, 6.45) is -4.92. The van der Waals surface area contributed by atoms with Gasteiger partial charge in [0.2, 0.25) is 0 Å². The maximum absolute atomic E-state index is 10.9. The third-order valence-corrected chi connectivity index (χ3v) is 5.75. The molecule has 0 unspecified atom stereocenters. The summed E-state index contributed by atoms with van der Waals surface area (Å²) in [6, 6.07) is 6.58. The summed E-state index contributed by atoms with van der Waals surface area (Å²) in [4.78, 5) is 16.5. The molecule has 5 heterocycles. The zero-order valence-electron chi connectivity index (χ0n) is 22.2. The molecule has 0 fully saturated rings. The average molecular weight is 647 g/mol. The summed E-state index contributed by atoms with van der Waals surface area (Å²) < 4.78 is 5.37. The van der Waals surface area contributed by atoms with E-state index in [9.17, 15) is 20.4 Å². The molecular formula is C20H27CuN10O11+. The van der Waals surface area contributed by atoms with E-state index in [2.05, 4.69) is 20.4 Å². The van der Waals surface area contributed by atoms with Gasteiger partial charge in [-0.1, -0.05) is 0 Å². The van der Waals surface area contributed by atoms with E-state index in [0.717, 1.165) is 0 Å². The topological polar surface area (TPSA) is 318 Å². The molecule has 1 aliphatic rings. The average Bonchev–Trinajstić information content (AvgIpc) is 3.61. The first-order valence-corrected chi connectivity index (χ1v) is 11.2. The predicted molar refractivity (Wildman–Crippen MR) is 135 cm³/mol. The number of aryl methyl sites for hydroxylation is 4. The molecule has 5 rings (SSSR count). The Kier molecular flexibility index (Phi) is 11.8. The molecule has 21 nitrogen and oxygen atoms in total. The van der Waals surface area contributed by atoms with E-state index < -0.39 is 35.1 Å². The van der Waals surface area contributed by atoms with Crippen LogP contribution in [-0.4, -0.2) is 69.7 Å². The molecular weight excluding hydrogens is 620 g/mol. The van der Waals surface area contributed by atoms with Crippen LogP contribution in [0.3, 0.4) is 0 Å². The number of fused-ring (bicyclic) bond motifs is 8. The van der Waals surface area contributed by atoms with E-state index in [1.165, 1.54) is 18.7 Å². The van der Waals surface area contributed by atoms with Crippen LogP contribution in [0.2, 0.25) is 0 Å². The predicted octanol–water partition coefficient (Wildman–Crippen LogP) is -1.23. The van der Waals surface area contributed by atoms with Crippen LogP contribution in [0.1, 0.15) is 70.5 Å². The van der Waals surface area contributed by atoms with Gasteiger partial charge < -0.3 is 56.5 Å². The van der Waals surface area contributed by atoms with Crippen LogP contribution in [0, 0.1) is 58.3 Å². The van der Waals surface area contributed by atoms with E-state index in [-0.39, 0.29) is 45.3 Å². The standard InChI is InChI=1S/C20H24N8O4.Cu.2NO3.H2O/c1-9-5-13-18(30)26-11(3)7-15(23-26)20(32)28-12(4)8-16(24-28)19(31)27-10(2)6-14(22-27)17(29)25(9)21-13;;2*2-1(3)4;/h5-8,17-20,29-32H,1-4H3;;;;1H2/q;+2;2*-1;/p+1/t17-,18+,19+,20-;;;;. The number of aliphatic hydroxyl groups is 4. The van der Waals surface area contributed by atoms with Crippen molar-refractivity contribution in [3.8, 4) is 0 Å². The van der Waals surface area contributed by atoms with Crippen molar-refractivity contribution in [3.63, 3.8) is 0 Å². The number of hydrogen-bond donors (Lipinski definition) is 4. The Balaban J connectivity index is 0.000000789. The summed E-state index contributed by atoms with van der Waals surface area (Å²) in [6.45, 7) is 7.00. The molecule has 0 aromatic carbocycles. The van der Waals surface area contributed by atoms with Gasteiger partial charge in [-0.3, -0.25) is 0 Å². The molecule has 0 aliphatic carbocycles. The van der Waals surface area contributed by atoms with Crippen molar-refractivity contribution in [2.24, 2.45) is 0 Å². The van der Waals surface area contributed by atoms with Crippen LogP contribution in [0.15, 0.2) is 24.3 Å². The summed E-state index contributed by atoms with van der Waals surface area (Å²) in [7, 11) is 0. The smallest absolute Gasteiger partial charge is 0.457 e. The van der Waals surface area contributed by atoms with E-state index in [1.807, 2.05) is 0 Å². The van der Waals surface area contributed by atoms with Crippen LogP contribution < -0.4 is 0 Å². The fourth-order valence-electron chi connectivity index (χ4n) is 4.05. The normalized spacial score (nSPS) is 18.7. The van der Waals surface area contributed by atoms with Crippen molar-refractivity contribution in [2.75, 3.05) is 0 Å². The second-order valence-corrected chi connectivity index (χ2v) is 8.56. The second-order valence-electron chi connectivity index (χ2n) is 8.56. The number of aliphatic hydroxyl groups excluding tert-OH is 4. The van der Waals surface area contributed by atoms with Crippen LogP contribution in [0.25, 0.3) is 0 Å². The first-order chi connectivity index (χ1) is 18.6. The Morgan fingerprint density at radius 1 is 0.548 bits per heavy atom. The van der Waals surface area contributed by atoms with E-state index >= 15 is 0 Å². The fraction of sp³-hybridized carbons (Fsp3) is 0.400. The van der Waals surface area contributed by atoms with Gasteiger partial charge in [0.25, 0.3) is 0 Å². The third kappa shape index (κ3) is 7.44. The zero-order valence-corrected chi connectivity index (χ0v) is 23.1. The summed E-state index contributed by atoms with van der Waals surface area (Å²) in [5, 5.41) is 90.7. The SMILES string of the molecule is Cc1cc2nn1[C@H](O)c1cc(C)n(n1)[C@@H](O)c1cc(C)n(n1)[C@H](O)c1cc(C)n(n1)[C@H]2O.O=[N+]([O-])[O-].O=[N+]([O-])[O-].[Cu+2].[OH3+]. The molecule has 4 aromatic heterocycles. The minimum Gasteiger partial charge on any atom is -0.457 e. The molecule has 42 heavy (non-hydrogen) atoms. The van der Waals surface area contributed by atoms with Crippen LogP contribution in [0.5, 0.6) is 0 Å². The van der Waals surface area contributed by atoms with Crippen LogP contribution in [-0.2, 0) is 22.5 Å². The van der Waals surface area contributed by atoms with Gasteiger partial charge in [-0.05, 0) is 52.0 Å². The molecule has 4 aromatic rings. The molecule has 7 N–H and O–H groups in total. The van der Waals surface area contributed by atoms with Crippen molar-refractivity contribution in [2.45, 2.75) is 52.6 Å². The number of hydrogen-bond acceptors (Lipinski definition) is 14. The Morgan fingerprint density at radius 2 is 0.690 bits per heavy atom. The zero-order chi connectivity index (χ0) is 30.0. The Labute approximate surface area is 245 Å². The Morgan fingerprint density at radius 3 is 0.833 bits per heavy atom. The van der Waals surface area contributed by atoms with Crippen LogP contribution in [0.4, 0.5) is 0 Å². The minimum atomic E-state index is -1.75. The second kappa shape index (κ2) is 14.0. The number of rotatable bonds is 0. The Bertz CT molecular complexity index is 1310. The molecule has 0 spiro atoms. The first kappa shape index (κ1) is 35.6. The molecule has 8 bridgehead atoms. The Hall–Kier alpha value is -4.44. The van der Waals surface area contributed by atoms with Gasteiger partial charge in [-0.15, -0.1) is 0 Å². The molecule has 22 heteroatoms. The molecule has 0 amide bonds.